The zero-order valence-electron chi connectivity index (χ0n) is 21.6. The Morgan fingerprint density at radius 1 is 1.05 bits per heavy atom. The van der Waals surface area contributed by atoms with Gasteiger partial charge in [-0.05, 0) is 31.2 Å². The van der Waals surface area contributed by atoms with Gasteiger partial charge in [-0.1, -0.05) is 22.4 Å². The predicted molar refractivity (Wildman–Crippen MR) is 132 cm³/mol. The van der Waals surface area contributed by atoms with Gasteiger partial charge in [-0.25, -0.2) is 13.2 Å². The summed E-state index contributed by atoms with van der Waals surface area (Å²) in [5, 5.41) is 11.3. The second-order valence-corrected chi connectivity index (χ2v) is 10.3. The second-order valence-electron chi connectivity index (χ2n) is 8.40. The summed E-state index contributed by atoms with van der Waals surface area (Å²) in [6, 6.07) is 12.3. The van der Waals surface area contributed by atoms with Crippen LogP contribution >= 0.6 is 0 Å². The molecule has 0 bridgehead atoms. The molecule has 0 fully saturated rings. The summed E-state index contributed by atoms with van der Waals surface area (Å²) in [6.45, 7) is 1.01. The van der Waals surface area contributed by atoms with Gasteiger partial charge < -0.3 is 14.3 Å². The molecule has 41 heavy (non-hydrogen) atoms. The van der Waals surface area contributed by atoms with Crippen LogP contribution in [-0.4, -0.2) is 54.9 Å². The molecule has 1 amide bonds. The number of benzene rings is 2. The van der Waals surface area contributed by atoms with Crippen LogP contribution in [0.4, 0.5) is 18.0 Å². The lowest BCUT2D eigenvalue weighted by Gasteiger charge is -2.20. The molecule has 0 aliphatic carbocycles. The Kier molecular flexibility index (Phi) is 9.54. The Labute approximate surface area is 231 Å². The van der Waals surface area contributed by atoms with Crippen molar-refractivity contribution in [2.45, 2.75) is 31.3 Å². The molecule has 2 aromatic carbocycles. The standard InChI is InChI=1S/C24H23F3N4O9S/c1-16-4-6-18(7-5-16)21-14-22(24(25,26)27)28-30(21)19-8-10-20(11-9-19)41(36,37)29(17(2)32)15-39-23(33)38-12-3-13-40-31(34)35/h4-11,14H,3,12-13,15H2,1-2H3/p+1. The Balaban J connectivity index is 1.80. The quantitative estimate of drug-likeness (QED) is 0.0865. The number of amides is 1. The second kappa shape index (κ2) is 12.7. The average Bonchev–Trinajstić information content (AvgIpc) is 3.35. The highest BCUT2D eigenvalue weighted by atomic mass is 32.2. The fourth-order valence-electron chi connectivity index (χ4n) is 3.43. The van der Waals surface area contributed by atoms with E-state index < -0.39 is 50.7 Å². The minimum atomic E-state index is -4.68. The summed E-state index contributed by atoms with van der Waals surface area (Å²) in [5.74, 6) is -1.00. The van der Waals surface area contributed by atoms with Gasteiger partial charge in [-0.3, -0.25) is 4.79 Å². The van der Waals surface area contributed by atoms with Gasteiger partial charge in [0.1, 0.15) is 0 Å². The van der Waals surface area contributed by atoms with E-state index in [2.05, 4.69) is 19.4 Å². The maximum Gasteiger partial charge on any atom is 0.510 e. The van der Waals surface area contributed by atoms with E-state index in [9.17, 15) is 41.3 Å². The average molecular weight is 602 g/mol. The molecule has 13 nitrogen and oxygen atoms in total. The van der Waals surface area contributed by atoms with Gasteiger partial charge in [0.15, 0.2) is 12.4 Å². The Morgan fingerprint density at radius 3 is 2.24 bits per heavy atom. The van der Waals surface area contributed by atoms with E-state index in [1.165, 1.54) is 12.1 Å². The van der Waals surface area contributed by atoms with Gasteiger partial charge >= 0.3 is 12.3 Å². The number of ether oxygens (including phenoxy) is 2. The summed E-state index contributed by atoms with van der Waals surface area (Å²) in [6.07, 6.45) is -6.07. The van der Waals surface area contributed by atoms with Gasteiger partial charge in [0, 0.05) is 37.1 Å². The molecule has 3 rings (SSSR count). The van der Waals surface area contributed by atoms with Crippen molar-refractivity contribution in [3.05, 3.63) is 76.0 Å². The van der Waals surface area contributed by atoms with Gasteiger partial charge in [-0.15, -0.1) is 10.1 Å². The molecule has 1 heterocycles. The van der Waals surface area contributed by atoms with Crippen LogP contribution in [0.5, 0.6) is 0 Å². The van der Waals surface area contributed by atoms with Gasteiger partial charge in [0.05, 0.1) is 18.1 Å². The third-order valence-corrected chi connectivity index (χ3v) is 7.26. The van der Waals surface area contributed by atoms with Crippen LogP contribution in [0.1, 0.15) is 24.6 Å². The smallest absolute Gasteiger partial charge is 0.434 e. The van der Waals surface area contributed by atoms with Crippen molar-refractivity contribution >= 4 is 22.1 Å². The Hall–Kier alpha value is -4.67. The number of H-pyrrole nitrogens is 1. The lowest BCUT2D eigenvalue weighted by molar-refractivity contribution is -0.757. The van der Waals surface area contributed by atoms with Crippen LogP contribution in [0.25, 0.3) is 16.9 Å². The van der Waals surface area contributed by atoms with Crippen molar-refractivity contribution in [2.75, 3.05) is 19.9 Å². The first kappa shape index (κ1) is 30.9. The fraction of sp³-hybridized carbons (Fsp3) is 0.292. The van der Waals surface area contributed by atoms with E-state index >= 15 is 0 Å². The van der Waals surface area contributed by atoms with Crippen molar-refractivity contribution < 1.29 is 55.3 Å². The molecule has 220 valence electrons. The highest BCUT2D eigenvalue weighted by Crippen LogP contribution is 2.30. The molecule has 0 unspecified atom stereocenters. The topological polar surface area (TPSA) is 162 Å². The van der Waals surface area contributed by atoms with E-state index in [1.54, 1.807) is 24.3 Å². The zero-order valence-corrected chi connectivity index (χ0v) is 22.4. The number of carbonyl (C=O) groups excluding carboxylic acids is 2. The van der Waals surface area contributed by atoms with E-state index in [0.717, 1.165) is 35.4 Å². The maximum absolute atomic E-state index is 13.5. The molecule has 0 aliphatic heterocycles. The molecule has 17 heteroatoms. The van der Waals surface area contributed by atoms with E-state index in [-0.39, 0.29) is 35.3 Å². The van der Waals surface area contributed by atoms with Crippen molar-refractivity contribution in [2.24, 2.45) is 0 Å². The summed E-state index contributed by atoms with van der Waals surface area (Å²) in [5.41, 5.74) is 0.662. The van der Waals surface area contributed by atoms with Crippen molar-refractivity contribution in [3.8, 4) is 16.9 Å². The van der Waals surface area contributed by atoms with Crippen molar-refractivity contribution in [1.29, 1.82) is 0 Å². The Bertz CT molecular complexity index is 1510. The van der Waals surface area contributed by atoms with Crippen molar-refractivity contribution in [3.63, 3.8) is 0 Å². The van der Waals surface area contributed by atoms with Crippen molar-refractivity contribution in [1.82, 2.24) is 9.40 Å². The first-order chi connectivity index (χ1) is 19.2. The number of nitrogens with one attached hydrogen (secondary N) is 1. The SMILES string of the molecule is CC(=O)N(COC(=O)OCCCO[N+](=O)[O-])S(=O)(=O)c1ccc(-[n+]2[nH]c(C(F)(F)F)cc2-c2ccc(C)cc2)cc1. The van der Waals surface area contributed by atoms with Crippen LogP contribution in [-0.2, 0) is 35.3 Å². The first-order valence-corrected chi connectivity index (χ1v) is 13.1. The molecule has 1 aromatic heterocycles. The number of halogens is 3. The number of rotatable bonds is 11. The molecular weight excluding hydrogens is 577 g/mol. The van der Waals surface area contributed by atoms with Crippen LogP contribution in [0.15, 0.2) is 59.5 Å². The molecule has 3 aromatic rings. The molecule has 0 atom stereocenters. The van der Waals surface area contributed by atoms with E-state index in [0.29, 0.717) is 5.56 Å². The van der Waals surface area contributed by atoms with Crippen LogP contribution < -0.4 is 4.68 Å². The van der Waals surface area contributed by atoms with E-state index in [1.807, 2.05) is 6.92 Å². The summed E-state index contributed by atoms with van der Waals surface area (Å²) in [7, 11) is -4.56. The van der Waals surface area contributed by atoms with Gasteiger partial charge in [0.2, 0.25) is 17.3 Å². The summed E-state index contributed by atoms with van der Waals surface area (Å²) in [4.78, 5) is 37.5. The minimum Gasteiger partial charge on any atom is -0.434 e. The zero-order chi connectivity index (χ0) is 30.4. The monoisotopic (exact) mass is 601 g/mol. The third kappa shape index (κ3) is 7.93. The predicted octanol–water partition coefficient (Wildman–Crippen LogP) is 3.53. The number of alkyl halides is 3. The minimum absolute atomic E-state index is 0.0495. The summed E-state index contributed by atoms with van der Waals surface area (Å²) >= 11 is 0. The largest absolute Gasteiger partial charge is 0.510 e. The van der Waals surface area contributed by atoms with Crippen LogP contribution in [0.2, 0.25) is 0 Å². The molecule has 1 N–H and O–H groups in total. The number of aromatic amines is 1. The fourth-order valence-corrected chi connectivity index (χ4v) is 4.69. The third-order valence-electron chi connectivity index (χ3n) is 5.45. The number of aryl methyl sites for hydroxylation is 1. The normalized spacial score (nSPS) is 11.5. The number of sulfonamides is 1. The van der Waals surface area contributed by atoms with Crippen LogP contribution in [0, 0.1) is 17.0 Å². The molecule has 0 radical (unpaired) electrons. The molecule has 0 spiro atoms. The highest BCUT2D eigenvalue weighted by molar-refractivity contribution is 7.89. The molecule has 0 saturated heterocycles. The lowest BCUT2D eigenvalue weighted by Crippen LogP contribution is -2.38. The van der Waals surface area contributed by atoms with Crippen LogP contribution in [0.3, 0.4) is 0 Å². The van der Waals surface area contributed by atoms with Gasteiger partial charge in [0.25, 0.3) is 15.1 Å². The maximum atomic E-state index is 13.5. The lowest BCUT2D eigenvalue weighted by atomic mass is 10.1. The molecular formula is C24H24F3N4O9S+. The number of hydrogen-bond donors (Lipinski definition) is 1. The molecule has 0 saturated carbocycles. The van der Waals surface area contributed by atoms with E-state index in [4.69, 9.17) is 0 Å². The number of nitrogens with zero attached hydrogens (tertiary/aromatic N) is 3. The summed E-state index contributed by atoms with van der Waals surface area (Å²) < 4.78 is 77.3. The highest BCUT2D eigenvalue weighted by Gasteiger charge is 2.38. The number of hydrogen-bond acceptors (Lipinski definition) is 9. The Morgan fingerprint density at radius 2 is 1.68 bits per heavy atom. The van der Waals surface area contributed by atoms with Gasteiger partial charge in [-0.2, -0.15) is 22.6 Å². The number of carbonyl (C=O) groups is 2. The first-order valence-electron chi connectivity index (χ1n) is 11.7. The number of aromatic nitrogens is 2. The molecule has 0 aliphatic rings.